The molecule has 1 saturated carbocycles. The van der Waals surface area contributed by atoms with Gasteiger partial charge in [-0.3, -0.25) is 0 Å². The first-order valence-electron chi connectivity index (χ1n) is 4.99. The number of benzene rings is 1. The molecular formula is C11H14BrNO2. The highest BCUT2D eigenvalue weighted by atomic mass is 79.9. The maximum Gasteiger partial charge on any atom is 0.160 e. The SMILES string of the molecule is NC1(CCc2cc(Br)cc(O)c2O)CC1. The predicted octanol–water partition coefficient (Wildman–Crippen LogP) is 2.28. The maximum absolute atomic E-state index is 9.63. The fourth-order valence-corrected chi connectivity index (χ4v) is 2.12. The highest BCUT2D eigenvalue weighted by molar-refractivity contribution is 9.10. The van der Waals surface area contributed by atoms with Gasteiger partial charge in [-0.25, -0.2) is 0 Å². The molecule has 1 aliphatic carbocycles. The van der Waals surface area contributed by atoms with Gasteiger partial charge in [0, 0.05) is 10.0 Å². The molecule has 1 fully saturated rings. The van der Waals surface area contributed by atoms with Crippen LogP contribution < -0.4 is 5.73 Å². The first kappa shape index (κ1) is 10.8. The van der Waals surface area contributed by atoms with Gasteiger partial charge >= 0.3 is 0 Å². The van der Waals surface area contributed by atoms with E-state index in [2.05, 4.69) is 15.9 Å². The monoisotopic (exact) mass is 271 g/mol. The number of hydrogen-bond donors (Lipinski definition) is 3. The fraction of sp³-hybridized carbons (Fsp3) is 0.455. The van der Waals surface area contributed by atoms with E-state index in [4.69, 9.17) is 5.73 Å². The van der Waals surface area contributed by atoms with Gasteiger partial charge in [0.2, 0.25) is 0 Å². The van der Waals surface area contributed by atoms with Gasteiger partial charge in [0.1, 0.15) is 0 Å². The van der Waals surface area contributed by atoms with E-state index in [0.29, 0.717) is 6.42 Å². The molecule has 0 atom stereocenters. The minimum atomic E-state index is -0.0822. The average Bonchev–Trinajstić information content (AvgIpc) is 2.88. The molecule has 0 amide bonds. The van der Waals surface area contributed by atoms with Crippen molar-refractivity contribution in [2.75, 3.05) is 0 Å². The van der Waals surface area contributed by atoms with Crippen LogP contribution in [0.3, 0.4) is 0 Å². The van der Waals surface area contributed by atoms with Gasteiger partial charge in [-0.1, -0.05) is 15.9 Å². The largest absolute Gasteiger partial charge is 0.504 e. The first-order valence-corrected chi connectivity index (χ1v) is 5.79. The van der Waals surface area contributed by atoms with Crippen molar-refractivity contribution >= 4 is 15.9 Å². The van der Waals surface area contributed by atoms with Crippen LogP contribution in [0.1, 0.15) is 24.8 Å². The van der Waals surface area contributed by atoms with Crippen molar-refractivity contribution in [1.29, 1.82) is 0 Å². The standard InChI is InChI=1S/C11H14BrNO2/c12-8-5-7(10(15)9(14)6-8)1-2-11(13)3-4-11/h5-6,14-15H,1-4,13H2. The second kappa shape index (κ2) is 3.68. The van der Waals surface area contributed by atoms with Gasteiger partial charge in [0.05, 0.1) is 0 Å². The lowest BCUT2D eigenvalue weighted by Crippen LogP contribution is -2.22. The highest BCUT2D eigenvalue weighted by Crippen LogP contribution is 2.39. The van der Waals surface area contributed by atoms with Crippen molar-refractivity contribution in [2.24, 2.45) is 5.73 Å². The first-order chi connectivity index (χ1) is 7.00. The summed E-state index contributed by atoms with van der Waals surface area (Å²) in [6, 6.07) is 3.30. The van der Waals surface area contributed by atoms with Crippen LogP contribution in [0.4, 0.5) is 0 Å². The van der Waals surface area contributed by atoms with Crippen molar-refractivity contribution in [3.8, 4) is 11.5 Å². The van der Waals surface area contributed by atoms with E-state index in [0.717, 1.165) is 29.3 Å². The normalized spacial score (nSPS) is 17.7. The van der Waals surface area contributed by atoms with Crippen LogP contribution >= 0.6 is 15.9 Å². The van der Waals surface area contributed by atoms with Crippen molar-refractivity contribution in [3.63, 3.8) is 0 Å². The molecule has 0 radical (unpaired) electrons. The zero-order chi connectivity index (χ0) is 11.1. The van der Waals surface area contributed by atoms with Crippen LogP contribution in [-0.4, -0.2) is 15.8 Å². The Morgan fingerprint density at radius 3 is 2.60 bits per heavy atom. The number of aromatic hydroxyl groups is 2. The van der Waals surface area contributed by atoms with E-state index in [9.17, 15) is 10.2 Å². The van der Waals surface area contributed by atoms with Crippen LogP contribution in [-0.2, 0) is 6.42 Å². The molecular weight excluding hydrogens is 258 g/mol. The summed E-state index contributed by atoms with van der Waals surface area (Å²) in [7, 11) is 0. The Hall–Kier alpha value is -0.740. The van der Waals surface area contributed by atoms with E-state index in [1.165, 1.54) is 6.07 Å². The van der Waals surface area contributed by atoms with Gasteiger partial charge < -0.3 is 15.9 Å². The molecule has 0 aliphatic heterocycles. The van der Waals surface area contributed by atoms with Gasteiger partial charge in [-0.05, 0) is 43.4 Å². The second-order valence-corrected chi connectivity index (χ2v) is 5.21. The van der Waals surface area contributed by atoms with Gasteiger partial charge in [-0.15, -0.1) is 0 Å². The summed E-state index contributed by atoms with van der Waals surface area (Å²) in [4.78, 5) is 0. The van der Waals surface area contributed by atoms with E-state index < -0.39 is 0 Å². The van der Waals surface area contributed by atoms with Gasteiger partial charge in [0.15, 0.2) is 11.5 Å². The molecule has 4 heteroatoms. The Morgan fingerprint density at radius 1 is 1.33 bits per heavy atom. The summed E-state index contributed by atoms with van der Waals surface area (Å²) in [5, 5.41) is 19.0. The number of nitrogens with two attached hydrogens (primary N) is 1. The molecule has 0 aromatic heterocycles. The summed E-state index contributed by atoms with van der Waals surface area (Å²) in [5.74, 6) is -0.108. The smallest absolute Gasteiger partial charge is 0.160 e. The molecule has 2 rings (SSSR count). The molecule has 4 N–H and O–H groups in total. The van der Waals surface area contributed by atoms with Gasteiger partial charge in [0.25, 0.3) is 0 Å². The topological polar surface area (TPSA) is 66.5 Å². The van der Waals surface area contributed by atoms with Crippen molar-refractivity contribution in [2.45, 2.75) is 31.2 Å². The van der Waals surface area contributed by atoms with Crippen LogP contribution in [0.2, 0.25) is 0 Å². The Labute approximate surface area is 97.0 Å². The molecule has 82 valence electrons. The van der Waals surface area contributed by atoms with Crippen LogP contribution in [0, 0.1) is 0 Å². The minimum absolute atomic E-state index is 0.0234. The lowest BCUT2D eigenvalue weighted by atomic mass is 10.0. The lowest BCUT2D eigenvalue weighted by Gasteiger charge is -2.10. The summed E-state index contributed by atoms with van der Waals surface area (Å²) >= 11 is 3.28. The Morgan fingerprint density at radius 2 is 2.00 bits per heavy atom. The van der Waals surface area contributed by atoms with Crippen molar-refractivity contribution < 1.29 is 10.2 Å². The van der Waals surface area contributed by atoms with Crippen molar-refractivity contribution in [3.05, 3.63) is 22.2 Å². The summed E-state index contributed by atoms with van der Waals surface area (Å²) in [6.45, 7) is 0. The minimum Gasteiger partial charge on any atom is -0.504 e. The number of aryl methyl sites for hydroxylation is 1. The Kier molecular flexibility index (Phi) is 2.64. The third-order valence-corrected chi connectivity index (χ3v) is 3.38. The number of rotatable bonds is 3. The lowest BCUT2D eigenvalue weighted by molar-refractivity contribution is 0.397. The zero-order valence-corrected chi connectivity index (χ0v) is 9.92. The number of phenolic OH excluding ortho intramolecular Hbond substituents is 2. The predicted molar refractivity (Wildman–Crippen MR) is 61.9 cm³/mol. The molecule has 1 aliphatic rings. The Balaban J connectivity index is 2.13. The number of hydrogen-bond acceptors (Lipinski definition) is 3. The average molecular weight is 272 g/mol. The third kappa shape index (κ3) is 2.44. The number of halogens is 1. The zero-order valence-electron chi connectivity index (χ0n) is 8.33. The highest BCUT2D eigenvalue weighted by Gasteiger charge is 2.37. The Bertz CT molecular complexity index is 388. The molecule has 1 aromatic carbocycles. The molecule has 1 aromatic rings. The van der Waals surface area contributed by atoms with Crippen LogP contribution in [0.5, 0.6) is 11.5 Å². The molecule has 0 spiro atoms. The third-order valence-electron chi connectivity index (χ3n) is 2.92. The summed E-state index contributed by atoms with van der Waals surface area (Å²) < 4.78 is 0.773. The van der Waals surface area contributed by atoms with Crippen LogP contribution in [0.15, 0.2) is 16.6 Å². The maximum atomic E-state index is 9.63. The number of phenols is 2. The van der Waals surface area contributed by atoms with E-state index in [1.807, 2.05) is 6.07 Å². The quantitative estimate of drug-likeness (QED) is 0.739. The van der Waals surface area contributed by atoms with E-state index in [1.54, 1.807) is 0 Å². The van der Waals surface area contributed by atoms with E-state index >= 15 is 0 Å². The summed E-state index contributed by atoms with van der Waals surface area (Å²) in [6.07, 6.45) is 3.69. The van der Waals surface area contributed by atoms with E-state index in [-0.39, 0.29) is 17.0 Å². The molecule has 3 nitrogen and oxygen atoms in total. The fourth-order valence-electron chi connectivity index (χ4n) is 1.62. The second-order valence-electron chi connectivity index (χ2n) is 4.30. The molecule has 0 bridgehead atoms. The van der Waals surface area contributed by atoms with Gasteiger partial charge in [-0.2, -0.15) is 0 Å². The van der Waals surface area contributed by atoms with Crippen LogP contribution in [0.25, 0.3) is 0 Å². The molecule has 15 heavy (non-hydrogen) atoms. The molecule has 0 heterocycles. The molecule has 0 unspecified atom stereocenters. The summed E-state index contributed by atoms with van der Waals surface area (Å²) in [5.41, 5.74) is 6.69. The van der Waals surface area contributed by atoms with Crippen molar-refractivity contribution in [1.82, 2.24) is 0 Å². The molecule has 0 saturated heterocycles.